The summed E-state index contributed by atoms with van der Waals surface area (Å²) < 4.78 is 17.0. The average Bonchev–Trinajstić information content (AvgIpc) is 2.69. The fourth-order valence-corrected chi connectivity index (χ4v) is 3.11. The molecule has 0 aliphatic rings. The van der Waals surface area contributed by atoms with Crippen LogP contribution in [-0.2, 0) is 4.74 Å². The molecule has 162 valence electrons. The van der Waals surface area contributed by atoms with E-state index >= 15 is 0 Å². The molecule has 0 fully saturated rings. The number of thiocarbonyl (C=S) groups is 1. The highest BCUT2D eigenvalue weighted by Gasteiger charge is 2.11. The van der Waals surface area contributed by atoms with Crippen molar-refractivity contribution in [3.63, 3.8) is 0 Å². The van der Waals surface area contributed by atoms with Gasteiger partial charge in [0, 0.05) is 24.4 Å². The molecule has 1 amide bonds. The lowest BCUT2D eigenvalue weighted by molar-refractivity contribution is 0.0977. The summed E-state index contributed by atoms with van der Waals surface area (Å²) in [6.07, 6.45) is 0.984. The van der Waals surface area contributed by atoms with E-state index in [-0.39, 0.29) is 11.0 Å². The van der Waals surface area contributed by atoms with Gasteiger partial charge in [-0.25, -0.2) is 0 Å². The highest BCUT2D eigenvalue weighted by molar-refractivity contribution is 9.10. The monoisotopic (exact) mass is 494 g/mol. The lowest BCUT2D eigenvalue weighted by Gasteiger charge is -2.13. The number of hydrogen-bond acceptors (Lipinski definition) is 5. The minimum Gasteiger partial charge on any atom is -0.494 e. The Kier molecular flexibility index (Phi) is 10.1. The summed E-state index contributed by atoms with van der Waals surface area (Å²) >= 11 is 8.69. The highest BCUT2D eigenvalue weighted by atomic mass is 79.9. The van der Waals surface area contributed by atoms with E-state index in [9.17, 15) is 4.79 Å². The van der Waals surface area contributed by atoms with Crippen molar-refractivity contribution in [2.45, 2.75) is 20.3 Å². The molecule has 2 rings (SSSR count). The SMILES string of the molecule is COCCOc1ccc(C(=O)NC(=S)Nc2cccc(OCCC(C)C)c2)cc1Br. The average molecular weight is 495 g/mol. The molecule has 0 aliphatic heterocycles. The van der Waals surface area contributed by atoms with Crippen LogP contribution >= 0.6 is 28.1 Å². The number of benzene rings is 2. The molecule has 30 heavy (non-hydrogen) atoms. The number of hydrogen-bond donors (Lipinski definition) is 2. The second-order valence-electron chi connectivity index (χ2n) is 6.95. The first-order valence-corrected chi connectivity index (χ1v) is 10.9. The number of nitrogens with one attached hydrogen (secondary N) is 2. The Bertz CT molecular complexity index is 861. The summed E-state index contributed by atoms with van der Waals surface area (Å²) in [5.74, 6) is 1.66. The summed E-state index contributed by atoms with van der Waals surface area (Å²) in [6, 6.07) is 12.6. The number of ether oxygens (including phenoxy) is 3. The van der Waals surface area contributed by atoms with Gasteiger partial charge in [-0.2, -0.15) is 0 Å². The molecule has 2 N–H and O–H groups in total. The Morgan fingerprint density at radius 1 is 1.10 bits per heavy atom. The van der Waals surface area contributed by atoms with Gasteiger partial charge >= 0.3 is 0 Å². The van der Waals surface area contributed by atoms with E-state index < -0.39 is 0 Å². The zero-order chi connectivity index (χ0) is 21.9. The number of methoxy groups -OCH3 is 1. The van der Waals surface area contributed by atoms with Crippen LogP contribution in [0.1, 0.15) is 30.6 Å². The molecule has 0 spiro atoms. The first-order valence-electron chi connectivity index (χ1n) is 9.65. The van der Waals surface area contributed by atoms with E-state index in [2.05, 4.69) is 40.4 Å². The Balaban J connectivity index is 1.90. The van der Waals surface area contributed by atoms with Crippen molar-refractivity contribution in [1.82, 2.24) is 5.32 Å². The number of carbonyl (C=O) groups excluding carboxylic acids is 1. The zero-order valence-electron chi connectivity index (χ0n) is 17.4. The van der Waals surface area contributed by atoms with Crippen LogP contribution < -0.4 is 20.1 Å². The third-order valence-corrected chi connectivity index (χ3v) is 4.85. The zero-order valence-corrected chi connectivity index (χ0v) is 19.8. The topological polar surface area (TPSA) is 68.8 Å². The Labute approximate surface area is 191 Å². The van der Waals surface area contributed by atoms with Gasteiger partial charge in [-0.3, -0.25) is 10.1 Å². The molecule has 0 unspecified atom stereocenters. The van der Waals surface area contributed by atoms with Gasteiger partial charge in [-0.05, 0) is 70.8 Å². The van der Waals surface area contributed by atoms with Crippen molar-refractivity contribution < 1.29 is 19.0 Å². The van der Waals surface area contributed by atoms with Crippen molar-refractivity contribution in [3.8, 4) is 11.5 Å². The van der Waals surface area contributed by atoms with Gasteiger partial charge in [0.15, 0.2) is 5.11 Å². The number of amides is 1. The Hall–Kier alpha value is -2.16. The summed E-state index contributed by atoms with van der Waals surface area (Å²) in [5, 5.41) is 5.90. The molecular weight excluding hydrogens is 468 g/mol. The summed E-state index contributed by atoms with van der Waals surface area (Å²) in [4.78, 5) is 12.5. The molecular formula is C22H27BrN2O4S. The van der Waals surface area contributed by atoms with Gasteiger partial charge in [-0.1, -0.05) is 19.9 Å². The molecule has 2 aromatic rings. The standard InChI is InChI=1S/C22H27BrN2O4S/c1-15(2)9-10-28-18-6-4-5-17(14-18)24-22(30)25-21(26)16-7-8-20(19(23)13-16)29-12-11-27-3/h4-8,13-15H,9-12H2,1-3H3,(H2,24,25,26,30). The van der Waals surface area contributed by atoms with E-state index in [4.69, 9.17) is 26.4 Å². The molecule has 2 aromatic carbocycles. The van der Waals surface area contributed by atoms with Crippen LogP contribution in [-0.4, -0.2) is 38.0 Å². The largest absolute Gasteiger partial charge is 0.494 e. The minimum absolute atomic E-state index is 0.205. The van der Waals surface area contributed by atoms with E-state index in [1.165, 1.54) is 0 Å². The molecule has 0 heterocycles. The lowest BCUT2D eigenvalue weighted by Crippen LogP contribution is -2.34. The second kappa shape index (κ2) is 12.5. The number of halogens is 1. The van der Waals surface area contributed by atoms with Crippen LogP contribution in [0.25, 0.3) is 0 Å². The number of anilines is 1. The maximum absolute atomic E-state index is 12.5. The third kappa shape index (κ3) is 8.30. The lowest BCUT2D eigenvalue weighted by atomic mass is 10.1. The van der Waals surface area contributed by atoms with E-state index in [1.54, 1.807) is 25.3 Å². The normalized spacial score (nSPS) is 10.6. The number of carbonyl (C=O) groups is 1. The fourth-order valence-electron chi connectivity index (χ4n) is 2.41. The van der Waals surface area contributed by atoms with Crippen molar-refractivity contribution in [1.29, 1.82) is 0 Å². The van der Waals surface area contributed by atoms with E-state index in [0.29, 0.717) is 41.5 Å². The molecule has 6 nitrogen and oxygen atoms in total. The van der Waals surface area contributed by atoms with Gasteiger partial charge in [0.1, 0.15) is 18.1 Å². The smallest absolute Gasteiger partial charge is 0.257 e. The summed E-state index contributed by atoms with van der Waals surface area (Å²) in [7, 11) is 1.61. The van der Waals surface area contributed by atoms with Crippen molar-refractivity contribution in [2.75, 3.05) is 32.2 Å². The van der Waals surface area contributed by atoms with Gasteiger partial charge in [-0.15, -0.1) is 0 Å². The van der Waals surface area contributed by atoms with Crippen molar-refractivity contribution in [3.05, 3.63) is 52.5 Å². The summed E-state index contributed by atoms with van der Waals surface area (Å²) in [5.41, 5.74) is 1.20. The quantitative estimate of drug-likeness (QED) is 0.356. The Morgan fingerprint density at radius 2 is 1.90 bits per heavy atom. The van der Waals surface area contributed by atoms with Gasteiger partial charge in [0.2, 0.25) is 0 Å². The molecule has 0 saturated carbocycles. The van der Waals surface area contributed by atoms with Gasteiger partial charge in [0.05, 0.1) is 17.7 Å². The fraction of sp³-hybridized carbons (Fsp3) is 0.364. The van der Waals surface area contributed by atoms with Gasteiger partial charge < -0.3 is 19.5 Å². The van der Waals surface area contributed by atoms with Crippen LogP contribution in [0.2, 0.25) is 0 Å². The van der Waals surface area contributed by atoms with Crippen LogP contribution in [0.15, 0.2) is 46.9 Å². The van der Waals surface area contributed by atoms with Gasteiger partial charge in [0.25, 0.3) is 5.91 Å². The Morgan fingerprint density at radius 3 is 2.60 bits per heavy atom. The first kappa shape index (κ1) is 24.1. The molecule has 0 radical (unpaired) electrons. The van der Waals surface area contributed by atoms with Crippen LogP contribution in [0.3, 0.4) is 0 Å². The minimum atomic E-state index is -0.319. The highest BCUT2D eigenvalue weighted by Crippen LogP contribution is 2.26. The molecule has 0 aliphatic carbocycles. The molecule has 0 aromatic heterocycles. The molecule has 0 atom stereocenters. The van der Waals surface area contributed by atoms with Crippen LogP contribution in [0.5, 0.6) is 11.5 Å². The van der Waals surface area contributed by atoms with Crippen LogP contribution in [0, 0.1) is 5.92 Å². The number of rotatable bonds is 10. The first-order chi connectivity index (χ1) is 14.4. The maximum Gasteiger partial charge on any atom is 0.257 e. The molecule has 0 saturated heterocycles. The maximum atomic E-state index is 12.5. The van der Waals surface area contributed by atoms with Crippen molar-refractivity contribution in [2.24, 2.45) is 5.92 Å². The van der Waals surface area contributed by atoms with Crippen LogP contribution in [0.4, 0.5) is 5.69 Å². The van der Waals surface area contributed by atoms with Crippen molar-refractivity contribution >= 4 is 44.9 Å². The molecule has 8 heteroatoms. The molecule has 0 bridgehead atoms. The third-order valence-electron chi connectivity index (χ3n) is 4.02. The van der Waals surface area contributed by atoms with E-state index in [1.807, 2.05) is 24.3 Å². The predicted molar refractivity (Wildman–Crippen MR) is 127 cm³/mol. The van der Waals surface area contributed by atoms with E-state index in [0.717, 1.165) is 17.9 Å². The summed E-state index contributed by atoms with van der Waals surface area (Å²) in [6.45, 7) is 5.88. The predicted octanol–water partition coefficient (Wildman–Crippen LogP) is 5.03. The second-order valence-corrected chi connectivity index (χ2v) is 8.22.